The molecule has 1 aromatic heterocycles. The zero-order valence-corrected chi connectivity index (χ0v) is 18.7. The van der Waals surface area contributed by atoms with E-state index in [0.717, 1.165) is 28.7 Å². The Morgan fingerprint density at radius 2 is 1.96 bits per heavy atom. The monoisotopic (exact) mass is 405 g/mol. The molecule has 0 unspecified atom stereocenters. The average Bonchev–Trinajstić information content (AvgIpc) is 2.92. The summed E-state index contributed by atoms with van der Waals surface area (Å²) in [5.74, 6) is 2.24. The van der Waals surface area contributed by atoms with Crippen LogP contribution in [0.2, 0.25) is 0 Å². The SMILES string of the molecule is COc1cccc(CN(C)C(=O)CSc2nc(C)c(C)n2CC(C)C)c1OC. The van der Waals surface area contributed by atoms with Gasteiger partial charge in [0.05, 0.1) is 25.7 Å². The number of thioether (sulfide) groups is 1. The molecule has 7 heteroatoms. The molecule has 0 atom stereocenters. The molecule has 0 radical (unpaired) electrons. The van der Waals surface area contributed by atoms with Crippen LogP contribution in [0.5, 0.6) is 11.5 Å². The Bertz CT molecular complexity index is 817. The van der Waals surface area contributed by atoms with Crippen molar-refractivity contribution in [3.05, 3.63) is 35.2 Å². The number of methoxy groups -OCH3 is 2. The van der Waals surface area contributed by atoms with Crippen LogP contribution in [0, 0.1) is 19.8 Å². The maximum Gasteiger partial charge on any atom is 0.233 e. The Labute approximate surface area is 172 Å². The molecule has 0 saturated carbocycles. The number of hydrogen-bond acceptors (Lipinski definition) is 5. The molecule has 0 N–H and O–H groups in total. The van der Waals surface area contributed by atoms with Gasteiger partial charge in [-0.3, -0.25) is 4.79 Å². The highest BCUT2D eigenvalue weighted by Gasteiger charge is 2.18. The molecule has 0 aliphatic carbocycles. The molecule has 154 valence electrons. The summed E-state index contributed by atoms with van der Waals surface area (Å²) in [7, 11) is 5.02. The van der Waals surface area contributed by atoms with Crippen LogP contribution in [-0.2, 0) is 17.9 Å². The highest BCUT2D eigenvalue weighted by Crippen LogP contribution is 2.31. The van der Waals surface area contributed by atoms with Gasteiger partial charge < -0.3 is 18.9 Å². The van der Waals surface area contributed by atoms with E-state index in [2.05, 4.69) is 30.3 Å². The van der Waals surface area contributed by atoms with Gasteiger partial charge in [0.1, 0.15) is 0 Å². The topological polar surface area (TPSA) is 56.6 Å². The van der Waals surface area contributed by atoms with Crippen molar-refractivity contribution in [2.24, 2.45) is 5.92 Å². The largest absolute Gasteiger partial charge is 0.493 e. The van der Waals surface area contributed by atoms with Crippen LogP contribution in [0.25, 0.3) is 0 Å². The minimum atomic E-state index is 0.0456. The third kappa shape index (κ3) is 5.22. The zero-order valence-electron chi connectivity index (χ0n) is 17.9. The molecule has 0 saturated heterocycles. The van der Waals surface area contributed by atoms with Gasteiger partial charge in [0.2, 0.25) is 5.91 Å². The van der Waals surface area contributed by atoms with Gasteiger partial charge in [0, 0.05) is 31.4 Å². The number of nitrogens with zero attached hydrogens (tertiary/aromatic N) is 3. The number of carbonyl (C=O) groups excluding carboxylic acids is 1. The smallest absolute Gasteiger partial charge is 0.233 e. The third-order valence-electron chi connectivity index (χ3n) is 4.61. The molecule has 0 spiro atoms. The highest BCUT2D eigenvalue weighted by atomic mass is 32.2. The summed E-state index contributed by atoms with van der Waals surface area (Å²) in [4.78, 5) is 19.1. The Morgan fingerprint density at radius 1 is 1.25 bits per heavy atom. The summed E-state index contributed by atoms with van der Waals surface area (Å²) in [6.45, 7) is 9.82. The van der Waals surface area contributed by atoms with Crippen LogP contribution in [0.4, 0.5) is 0 Å². The first kappa shape index (κ1) is 22.1. The molecule has 0 aliphatic heterocycles. The summed E-state index contributed by atoms with van der Waals surface area (Å²) in [6.07, 6.45) is 0. The molecule has 28 heavy (non-hydrogen) atoms. The fourth-order valence-corrected chi connectivity index (χ4v) is 4.01. The number of ether oxygens (including phenoxy) is 2. The average molecular weight is 406 g/mol. The molecule has 2 rings (SSSR count). The maximum atomic E-state index is 12.7. The second-order valence-corrected chi connectivity index (χ2v) is 8.20. The molecule has 1 amide bonds. The Morgan fingerprint density at radius 3 is 2.57 bits per heavy atom. The third-order valence-corrected chi connectivity index (χ3v) is 5.57. The van der Waals surface area contributed by atoms with Gasteiger partial charge in [-0.15, -0.1) is 0 Å². The molecule has 6 nitrogen and oxygen atoms in total. The number of carbonyl (C=O) groups is 1. The van der Waals surface area contributed by atoms with Crippen LogP contribution in [-0.4, -0.2) is 47.4 Å². The Hall–Kier alpha value is -2.15. The summed E-state index contributed by atoms with van der Waals surface area (Å²) in [5.41, 5.74) is 3.10. The molecule has 1 heterocycles. The van der Waals surface area contributed by atoms with E-state index in [9.17, 15) is 4.79 Å². The summed E-state index contributed by atoms with van der Waals surface area (Å²) in [6, 6.07) is 5.69. The van der Waals surface area contributed by atoms with Crippen molar-refractivity contribution in [2.45, 2.75) is 45.9 Å². The van der Waals surface area contributed by atoms with Crippen molar-refractivity contribution in [2.75, 3.05) is 27.0 Å². The fourth-order valence-electron chi connectivity index (χ4n) is 2.97. The Balaban J connectivity index is 2.05. The lowest BCUT2D eigenvalue weighted by Gasteiger charge is -2.20. The first-order chi connectivity index (χ1) is 13.3. The normalized spacial score (nSPS) is 11.0. The lowest BCUT2D eigenvalue weighted by molar-refractivity contribution is -0.127. The van der Waals surface area contributed by atoms with Gasteiger partial charge in [-0.05, 0) is 25.8 Å². The van der Waals surface area contributed by atoms with Gasteiger partial charge in [-0.1, -0.05) is 37.7 Å². The van der Waals surface area contributed by atoms with Crippen molar-refractivity contribution < 1.29 is 14.3 Å². The maximum absolute atomic E-state index is 12.7. The van der Waals surface area contributed by atoms with E-state index in [4.69, 9.17) is 9.47 Å². The van der Waals surface area contributed by atoms with Crippen molar-refractivity contribution in [3.63, 3.8) is 0 Å². The number of aromatic nitrogens is 2. The molecule has 1 aromatic carbocycles. The van der Waals surface area contributed by atoms with Crippen molar-refractivity contribution >= 4 is 17.7 Å². The van der Waals surface area contributed by atoms with E-state index in [1.54, 1.807) is 26.2 Å². The lowest BCUT2D eigenvalue weighted by atomic mass is 10.1. The van der Waals surface area contributed by atoms with Crippen LogP contribution in [0.3, 0.4) is 0 Å². The number of benzene rings is 1. The number of aryl methyl sites for hydroxylation is 1. The minimum absolute atomic E-state index is 0.0456. The van der Waals surface area contributed by atoms with E-state index >= 15 is 0 Å². The molecular formula is C21H31N3O3S. The number of hydrogen-bond donors (Lipinski definition) is 0. The molecule has 0 bridgehead atoms. The van der Waals surface area contributed by atoms with E-state index in [0.29, 0.717) is 29.7 Å². The van der Waals surface area contributed by atoms with Crippen LogP contribution < -0.4 is 9.47 Å². The Kier molecular flexibility index (Phi) is 7.80. The molecule has 0 aliphatic rings. The van der Waals surface area contributed by atoms with Gasteiger partial charge in [0.25, 0.3) is 0 Å². The van der Waals surface area contributed by atoms with Gasteiger partial charge >= 0.3 is 0 Å². The zero-order chi connectivity index (χ0) is 20.8. The van der Waals surface area contributed by atoms with Crippen LogP contribution in [0.15, 0.2) is 23.4 Å². The number of imidazole rings is 1. The second kappa shape index (κ2) is 9.87. The fraction of sp³-hybridized carbons (Fsp3) is 0.524. The van der Waals surface area contributed by atoms with Crippen LogP contribution >= 0.6 is 11.8 Å². The van der Waals surface area contributed by atoms with E-state index < -0.39 is 0 Å². The quantitative estimate of drug-likeness (QED) is 0.592. The summed E-state index contributed by atoms with van der Waals surface area (Å²) in [5, 5.41) is 0.907. The molecule has 2 aromatic rings. The molecule has 0 fully saturated rings. The lowest BCUT2D eigenvalue weighted by Crippen LogP contribution is -2.28. The summed E-state index contributed by atoms with van der Waals surface area (Å²) >= 11 is 1.49. The number of amides is 1. The van der Waals surface area contributed by atoms with Gasteiger partial charge in [0.15, 0.2) is 16.7 Å². The van der Waals surface area contributed by atoms with Crippen LogP contribution in [0.1, 0.15) is 30.8 Å². The first-order valence-electron chi connectivity index (χ1n) is 9.38. The predicted octanol–water partition coefficient (Wildman–Crippen LogP) is 3.92. The van der Waals surface area contributed by atoms with Crippen molar-refractivity contribution in [1.29, 1.82) is 0 Å². The number of rotatable bonds is 9. The van der Waals surface area contributed by atoms with E-state index in [1.165, 1.54) is 11.8 Å². The number of para-hydroxylation sites is 1. The molecular weight excluding hydrogens is 374 g/mol. The standard InChI is InChI=1S/C21H31N3O3S/c1-14(2)11-24-16(4)15(3)22-21(24)28-13-19(25)23(5)12-17-9-8-10-18(26-6)20(17)27-7/h8-10,14H,11-13H2,1-7H3. The predicted molar refractivity (Wildman–Crippen MR) is 113 cm³/mol. The van der Waals surface area contributed by atoms with Gasteiger partial charge in [-0.2, -0.15) is 0 Å². The summed E-state index contributed by atoms with van der Waals surface area (Å²) < 4.78 is 13.0. The van der Waals surface area contributed by atoms with E-state index in [-0.39, 0.29) is 5.91 Å². The second-order valence-electron chi connectivity index (χ2n) is 7.26. The van der Waals surface area contributed by atoms with Gasteiger partial charge in [-0.25, -0.2) is 4.98 Å². The van der Waals surface area contributed by atoms with Crippen molar-refractivity contribution in [1.82, 2.24) is 14.5 Å². The van der Waals surface area contributed by atoms with E-state index in [1.807, 2.05) is 25.1 Å². The van der Waals surface area contributed by atoms with Crippen molar-refractivity contribution in [3.8, 4) is 11.5 Å². The first-order valence-corrected chi connectivity index (χ1v) is 10.4. The highest BCUT2D eigenvalue weighted by molar-refractivity contribution is 7.99. The minimum Gasteiger partial charge on any atom is -0.493 e.